The fraction of sp³-hybridized carbons (Fsp3) is 0.600. The first-order valence-electron chi connectivity index (χ1n) is 6.57. The predicted octanol–water partition coefficient (Wildman–Crippen LogP) is 3.45. The van der Waals surface area contributed by atoms with Crippen molar-refractivity contribution < 1.29 is 0 Å². The van der Waals surface area contributed by atoms with Crippen molar-refractivity contribution in [1.82, 2.24) is 4.90 Å². The summed E-state index contributed by atoms with van der Waals surface area (Å²) < 4.78 is 0. The molecule has 1 saturated heterocycles. The molecule has 0 amide bonds. The molecule has 1 unspecified atom stereocenters. The minimum absolute atomic E-state index is 0.506. The number of hydrogen-bond acceptors (Lipinski definition) is 2. The molecule has 2 heteroatoms. The van der Waals surface area contributed by atoms with E-state index in [1.165, 1.54) is 31.5 Å². The Balaban J connectivity index is 2.01. The van der Waals surface area contributed by atoms with Crippen molar-refractivity contribution in [2.75, 3.05) is 18.8 Å². The van der Waals surface area contributed by atoms with Crippen LogP contribution in [-0.2, 0) is 0 Å². The maximum atomic E-state index is 5.73. The minimum Gasteiger partial charge on any atom is -0.399 e. The Morgan fingerprint density at radius 3 is 2.18 bits per heavy atom. The molecule has 1 aromatic rings. The zero-order chi connectivity index (χ0) is 12.5. The van der Waals surface area contributed by atoms with Gasteiger partial charge in [-0.1, -0.05) is 26.0 Å². The summed E-state index contributed by atoms with van der Waals surface area (Å²) in [6.45, 7) is 9.46. The van der Waals surface area contributed by atoms with Crippen LogP contribution in [0.4, 0.5) is 5.69 Å². The Morgan fingerprint density at radius 2 is 1.65 bits per heavy atom. The third-order valence-electron chi connectivity index (χ3n) is 4.12. The first-order chi connectivity index (χ1) is 7.98. The van der Waals surface area contributed by atoms with Crippen LogP contribution in [0.5, 0.6) is 0 Å². The maximum absolute atomic E-state index is 5.73. The van der Waals surface area contributed by atoms with Gasteiger partial charge >= 0.3 is 0 Å². The number of benzene rings is 1. The fourth-order valence-electron chi connectivity index (χ4n) is 2.50. The smallest absolute Gasteiger partial charge is 0.0319 e. The van der Waals surface area contributed by atoms with Gasteiger partial charge in [0, 0.05) is 11.7 Å². The molecular weight excluding hydrogens is 208 g/mol. The molecule has 0 radical (unpaired) electrons. The number of nitrogen functional groups attached to an aromatic ring is 1. The normalized spacial score (nSPS) is 22.3. The summed E-state index contributed by atoms with van der Waals surface area (Å²) in [6.07, 6.45) is 2.60. The molecule has 0 spiro atoms. The molecule has 0 aromatic heterocycles. The number of hydrogen-bond donors (Lipinski definition) is 1. The second-order valence-electron chi connectivity index (χ2n) is 6.04. The van der Waals surface area contributed by atoms with Crippen LogP contribution in [0.15, 0.2) is 24.3 Å². The molecule has 1 aromatic carbocycles. The van der Waals surface area contributed by atoms with E-state index in [0.717, 1.165) is 5.69 Å². The van der Waals surface area contributed by atoms with Gasteiger partial charge in [0.15, 0.2) is 0 Å². The second kappa shape index (κ2) is 4.69. The monoisotopic (exact) mass is 232 g/mol. The van der Waals surface area contributed by atoms with Crippen molar-refractivity contribution in [3.8, 4) is 0 Å². The summed E-state index contributed by atoms with van der Waals surface area (Å²) in [5.41, 5.74) is 8.47. The molecule has 17 heavy (non-hydrogen) atoms. The second-order valence-corrected chi connectivity index (χ2v) is 6.04. The molecule has 0 bridgehead atoms. The highest BCUT2D eigenvalue weighted by atomic mass is 15.2. The number of piperidine rings is 1. The Morgan fingerprint density at radius 1 is 1.12 bits per heavy atom. The molecule has 1 atom stereocenters. The molecule has 0 saturated carbocycles. The van der Waals surface area contributed by atoms with Crippen LogP contribution in [-0.4, -0.2) is 18.0 Å². The van der Waals surface area contributed by atoms with Crippen LogP contribution in [0.25, 0.3) is 0 Å². The van der Waals surface area contributed by atoms with Gasteiger partial charge in [-0.05, 0) is 56.0 Å². The van der Waals surface area contributed by atoms with Gasteiger partial charge in [0.1, 0.15) is 0 Å². The van der Waals surface area contributed by atoms with Crippen LogP contribution >= 0.6 is 0 Å². The first kappa shape index (κ1) is 12.4. The molecule has 2 rings (SSSR count). The van der Waals surface area contributed by atoms with E-state index >= 15 is 0 Å². The predicted molar refractivity (Wildman–Crippen MR) is 73.9 cm³/mol. The largest absolute Gasteiger partial charge is 0.399 e. The number of anilines is 1. The lowest BCUT2D eigenvalue weighted by Crippen LogP contribution is -2.38. The van der Waals surface area contributed by atoms with E-state index < -0.39 is 0 Å². The van der Waals surface area contributed by atoms with Gasteiger partial charge in [-0.15, -0.1) is 0 Å². The molecular formula is C15H24N2. The van der Waals surface area contributed by atoms with Crippen LogP contribution in [0.1, 0.15) is 45.2 Å². The van der Waals surface area contributed by atoms with E-state index in [2.05, 4.69) is 37.8 Å². The molecule has 2 N–H and O–H groups in total. The van der Waals surface area contributed by atoms with Gasteiger partial charge in [-0.25, -0.2) is 0 Å². The number of likely N-dealkylation sites (tertiary alicyclic amines) is 1. The molecule has 1 heterocycles. The summed E-state index contributed by atoms with van der Waals surface area (Å²) >= 11 is 0. The molecule has 1 fully saturated rings. The summed E-state index contributed by atoms with van der Waals surface area (Å²) in [5.74, 6) is 0. The topological polar surface area (TPSA) is 29.3 Å². The highest BCUT2D eigenvalue weighted by molar-refractivity contribution is 5.40. The highest BCUT2D eigenvalue weighted by Gasteiger charge is 2.27. The standard InChI is InChI=1S/C15H24N2/c1-12(13-4-6-14(16)7-5-13)17-10-8-15(2,3)9-11-17/h4-7,12H,8-11,16H2,1-3H3. The molecule has 2 nitrogen and oxygen atoms in total. The lowest BCUT2D eigenvalue weighted by atomic mass is 9.82. The van der Waals surface area contributed by atoms with E-state index in [-0.39, 0.29) is 0 Å². The van der Waals surface area contributed by atoms with Crippen molar-refractivity contribution in [2.24, 2.45) is 5.41 Å². The fourth-order valence-corrected chi connectivity index (χ4v) is 2.50. The Bertz CT molecular complexity index is 357. The lowest BCUT2D eigenvalue weighted by molar-refractivity contribution is 0.100. The molecule has 94 valence electrons. The van der Waals surface area contributed by atoms with Gasteiger partial charge in [0.2, 0.25) is 0 Å². The third-order valence-corrected chi connectivity index (χ3v) is 4.12. The van der Waals surface area contributed by atoms with Crippen LogP contribution < -0.4 is 5.73 Å². The van der Waals surface area contributed by atoms with E-state index in [4.69, 9.17) is 5.73 Å². The zero-order valence-corrected chi connectivity index (χ0v) is 11.2. The van der Waals surface area contributed by atoms with Crippen molar-refractivity contribution in [3.05, 3.63) is 29.8 Å². The van der Waals surface area contributed by atoms with Gasteiger partial charge in [-0.3, -0.25) is 4.90 Å². The number of rotatable bonds is 2. The molecule has 0 aliphatic carbocycles. The Hall–Kier alpha value is -1.02. The zero-order valence-electron chi connectivity index (χ0n) is 11.2. The van der Waals surface area contributed by atoms with E-state index in [0.29, 0.717) is 11.5 Å². The number of nitrogens with zero attached hydrogens (tertiary/aromatic N) is 1. The average molecular weight is 232 g/mol. The van der Waals surface area contributed by atoms with Crippen LogP contribution in [0, 0.1) is 5.41 Å². The highest BCUT2D eigenvalue weighted by Crippen LogP contribution is 2.33. The van der Waals surface area contributed by atoms with Crippen molar-refractivity contribution in [3.63, 3.8) is 0 Å². The summed E-state index contributed by atoms with van der Waals surface area (Å²) in [5, 5.41) is 0. The van der Waals surface area contributed by atoms with E-state index in [1.807, 2.05) is 12.1 Å². The molecule has 1 aliphatic rings. The minimum atomic E-state index is 0.506. The Labute approximate surface area is 105 Å². The third kappa shape index (κ3) is 3.01. The van der Waals surface area contributed by atoms with Gasteiger partial charge < -0.3 is 5.73 Å². The van der Waals surface area contributed by atoms with Crippen molar-refractivity contribution in [1.29, 1.82) is 0 Å². The van der Waals surface area contributed by atoms with Crippen molar-refractivity contribution in [2.45, 2.75) is 39.7 Å². The van der Waals surface area contributed by atoms with Crippen molar-refractivity contribution >= 4 is 5.69 Å². The first-order valence-corrected chi connectivity index (χ1v) is 6.57. The van der Waals surface area contributed by atoms with Gasteiger partial charge in [-0.2, -0.15) is 0 Å². The summed E-state index contributed by atoms with van der Waals surface area (Å²) in [6, 6.07) is 8.81. The maximum Gasteiger partial charge on any atom is 0.0319 e. The summed E-state index contributed by atoms with van der Waals surface area (Å²) in [7, 11) is 0. The van der Waals surface area contributed by atoms with Crippen LogP contribution in [0.3, 0.4) is 0 Å². The van der Waals surface area contributed by atoms with Gasteiger partial charge in [0.25, 0.3) is 0 Å². The average Bonchev–Trinajstić information content (AvgIpc) is 2.29. The lowest BCUT2D eigenvalue weighted by Gasteiger charge is -2.40. The van der Waals surface area contributed by atoms with E-state index in [1.54, 1.807) is 0 Å². The SMILES string of the molecule is CC(c1ccc(N)cc1)N1CCC(C)(C)CC1. The quantitative estimate of drug-likeness (QED) is 0.791. The van der Waals surface area contributed by atoms with Crippen LogP contribution in [0.2, 0.25) is 0 Å². The summed E-state index contributed by atoms with van der Waals surface area (Å²) in [4.78, 5) is 2.58. The van der Waals surface area contributed by atoms with Gasteiger partial charge in [0.05, 0.1) is 0 Å². The van der Waals surface area contributed by atoms with E-state index in [9.17, 15) is 0 Å². The number of nitrogens with two attached hydrogens (primary N) is 1. The Kier molecular flexibility index (Phi) is 3.43. The molecule has 1 aliphatic heterocycles.